The Morgan fingerprint density at radius 3 is 2.23 bits per heavy atom. The number of methoxy groups -OCH3 is 1. The molecule has 140 valence electrons. The molecule has 2 rings (SSSR count). The molecule has 0 aliphatic rings. The highest BCUT2D eigenvalue weighted by Crippen LogP contribution is 2.17. The van der Waals surface area contributed by atoms with E-state index in [1.165, 1.54) is 12.1 Å². The summed E-state index contributed by atoms with van der Waals surface area (Å²) in [7, 11) is -2.06. The first-order valence-electron chi connectivity index (χ1n) is 8.15. The zero-order valence-corrected chi connectivity index (χ0v) is 15.4. The summed E-state index contributed by atoms with van der Waals surface area (Å²) in [5, 5.41) is 10.6. The van der Waals surface area contributed by atoms with Crippen LogP contribution in [0.15, 0.2) is 53.4 Å². The van der Waals surface area contributed by atoms with Crippen LogP contribution in [0.25, 0.3) is 0 Å². The quantitative estimate of drug-likeness (QED) is 0.646. The van der Waals surface area contributed by atoms with Gasteiger partial charge in [0, 0.05) is 13.1 Å². The maximum absolute atomic E-state index is 11.8. The van der Waals surface area contributed by atoms with Crippen molar-refractivity contribution in [2.24, 2.45) is 5.14 Å². The predicted octanol–water partition coefficient (Wildman–Crippen LogP) is 1.43. The first kappa shape index (κ1) is 19.7. The van der Waals surface area contributed by atoms with Gasteiger partial charge in [-0.15, -0.1) is 0 Å². The zero-order valence-electron chi connectivity index (χ0n) is 14.6. The van der Waals surface area contributed by atoms with E-state index in [1.807, 2.05) is 24.3 Å². The third-order valence-electron chi connectivity index (χ3n) is 3.82. The standard InChI is InChI=1S/C18H23N3O4S/c1-25-17-5-3-2-4-15(17)11-13-21-18(22)20-12-10-14-6-8-16(9-7-14)26(19,23)24/h2-9H,10-13H2,1H3,(H2,19,23,24)(H2,20,21,22). The maximum atomic E-state index is 11.8. The molecule has 7 nitrogen and oxygen atoms in total. The van der Waals surface area contributed by atoms with Crippen molar-refractivity contribution in [3.8, 4) is 5.75 Å². The summed E-state index contributed by atoms with van der Waals surface area (Å²) in [6.45, 7) is 0.935. The number of rotatable bonds is 8. The second-order valence-corrected chi connectivity index (χ2v) is 7.24. The van der Waals surface area contributed by atoms with Crippen molar-refractivity contribution in [3.63, 3.8) is 0 Å². The largest absolute Gasteiger partial charge is 0.496 e. The predicted molar refractivity (Wildman–Crippen MR) is 99.6 cm³/mol. The molecule has 2 amide bonds. The van der Waals surface area contributed by atoms with Crippen LogP contribution < -0.4 is 20.5 Å². The summed E-state index contributed by atoms with van der Waals surface area (Å²) < 4.78 is 27.7. The van der Waals surface area contributed by atoms with Crippen LogP contribution in [-0.4, -0.2) is 34.6 Å². The molecule has 0 spiro atoms. The van der Waals surface area contributed by atoms with Crippen molar-refractivity contribution in [3.05, 3.63) is 59.7 Å². The fourth-order valence-electron chi connectivity index (χ4n) is 2.45. The van der Waals surface area contributed by atoms with Gasteiger partial charge >= 0.3 is 6.03 Å². The van der Waals surface area contributed by atoms with Crippen LogP contribution in [0.1, 0.15) is 11.1 Å². The van der Waals surface area contributed by atoms with E-state index in [1.54, 1.807) is 19.2 Å². The molecule has 4 N–H and O–H groups in total. The first-order valence-corrected chi connectivity index (χ1v) is 9.70. The molecule has 2 aromatic rings. The lowest BCUT2D eigenvalue weighted by atomic mass is 10.1. The molecule has 0 fully saturated rings. The van der Waals surface area contributed by atoms with Gasteiger partial charge in [-0.3, -0.25) is 0 Å². The van der Waals surface area contributed by atoms with Crippen LogP contribution in [-0.2, 0) is 22.9 Å². The highest BCUT2D eigenvalue weighted by Gasteiger charge is 2.07. The molecule has 0 aromatic heterocycles. The molecule has 0 heterocycles. The molecule has 0 atom stereocenters. The Morgan fingerprint density at radius 1 is 1.00 bits per heavy atom. The Kier molecular flexibility index (Phi) is 6.99. The molecule has 0 radical (unpaired) electrons. The highest BCUT2D eigenvalue weighted by atomic mass is 32.2. The van der Waals surface area contributed by atoms with E-state index in [2.05, 4.69) is 10.6 Å². The van der Waals surface area contributed by atoms with Gasteiger partial charge < -0.3 is 15.4 Å². The molecule has 8 heteroatoms. The van der Waals surface area contributed by atoms with Gasteiger partial charge in [0.2, 0.25) is 10.0 Å². The van der Waals surface area contributed by atoms with Gasteiger partial charge in [-0.2, -0.15) is 0 Å². The average molecular weight is 377 g/mol. The molecule has 0 saturated heterocycles. The van der Waals surface area contributed by atoms with Crippen LogP contribution >= 0.6 is 0 Å². The summed E-state index contributed by atoms with van der Waals surface area (Å²) in [6.07, 6.45) is 1.26. The Hall–Kier alpha value is -2.58. The van der Waals surface area contributed by atoms with E-state index < -0.39 is 10.0 Å². The Morgan fingerprint density at radius 2 is 1.62 bits per heavy atom. The van der Waals surface area contributed by atoms with Crippen molar-refractivity contribution < 1.29 is 17.9 Å². The van der Waals surface area contributed by atoms with Crippen molar-refractivity contribution in [1.29, 1.82) is 0 Å². The van der Waals surface area contributed by atoms with Gasteiger partial charge in [-0.05, 0) is 42.2 Å². The van der Waals surface area contributed by atoms with Gasteiger partial charge in [-0.1, -0.05) is 30.3 Å². The van der Waals surface area contributed by atoms with E-state index >= 15 is 0 Å². The number of amides is 2. The molecule has 0 aliphatic heterocycles. The fourth-order valence-corrected chi connectivity index (χ4v) is 2.96. The van der Waals surface area contributed by atoms with E-state index in [4.69, 9.17) is 9.88 Å². The summed E-state index contributed by atoms with van der Waals surface area (Å²) in [6, 6.07) is 13.7. The second kappa shape index (κ2) is 9.21. The zero-order chi connectivity index (χ0) is 19.0. The van der Waals surface area contributed by atoms with Crippen LogP contribution in [0.4, 0.5) is 4.79 Å². The van der Waals surface area contributed by atoms with Crippen LogP contribution in [0.5, 0.6) is 5.75 Å². The number of hydrogen-bond acceptors (Lipinski definition) is 4. The lowest BCUT2D eigenvalue weighted by Crippen LogP contribution is -2.37. The Labute approximate surface area is 153 Å². The van der Waals surface area contributed by atoms with Crippen molar-refractivity contribution >= 4 is 16.1 Å². The van der Waals surface area contributed by atoms with E-state index in [0.717, 1.165) is 16.9 Å². The minimum atomic E-state index is -3.68. The lowest BCUT2D eigenvalue weighted by Gasteiger charge is -2.10. The lowest BCUT2D eigenvalue weighted by molar-refractivity contribution is 0.241. The number of para-hydroxylation sites is 1. The molecule has 2 aromatic carbocycles. The summed E-state index contributed by atoms with van der Waals surface area (Å²) in [4.78, 5) is 11.9. The van der Waals surface area contributed by atoms with Crippen molar-refractivity contribution in [2.45, 2.75) is 17.7 Å². The summed E-state index contributed by atoms with van der Waals surface area (Å²) in [5.41, 5.74) is 1.94. The number of urea groups is 1. The van der Waals surface area contributed by atoms with E-state index in [9.17, 15) is 13.2 Å². The number of primary sulfonamides is 1. The number of ether oxygens (including phenoxy) is 1. The van der Waals surface area contributed by atoms with Gasteiger partial charge in [0.05, 0.1) is 12.0 Å². The number of nitrogens with two attached hydrogens (primary N) is 1. The summed E-state index contributed by atoms with van der Waals surface area (Å²) in [5.74, 6) is 0.803. The minimum Gasteiger partial charge on any atom is -0.496 e. The van der Waals surface area contributed by atoms with E-state index in [0.29, 0.717) is 25.9 Å². The normalized spacial score (nSPS) is 11.0. The molecular weight excluding hydrogens is 354 g/mol. The SMILES string of the molecule is COc1ccccc1CCNC(=O)NCCc1ccc(S(N)(=O)=O)cc1. The van der Waals surface area contributed by atoms with Crippen LogP contribution in [0, 0.1) is 0 Å². The number of sulfonamides is 1. The molecular formula is C18H23N3O4S. The summed E-state index contributed by atoms with van der Waals surface area (Å²) >= 11 is 0. The molecule has 0 unspecified atom stereocenters. The second-order valence-electron chi connectivity index (χ2n) is 5.68. The monoisotopic (exact) mass is 377 g/mol. The number of carbonyl (C=O) groups is 1. The molecule has 26 heavy (non-hydrogen) atoms. The first-order chi connectivity index (χ1) is 12.4. The third kappa shape index (κ3) is 6.05. The average Bonchev–Trinajstić information content (AvgIpc) is 2.62. The number of carbonyl (C=O) groups excluding carboxylic acids is 1. The minimum absolute atomic E-state index is 0.0725. The third-order valence-corrected chi connectivity index (χ3v) is 4.75. The fraction of sp³-hybridized carbons (Fsp3) is 0.278. The number of hydrogen-bond donors (Lipinski definition) is 3. The van der Waals surface area contributed by atoms with Gasteiger partial charge in [-0.25, -0.2) is 18.4 Å². The topological polar surface area (TPSA) is 111 Å². The van der Waals surface area contributed by atoms with Crippen LogP contribution in [0.2, 0.25) is 0 Å². The van der Waals surface area contributed by atoms with Gasteiger partial charge in [0.15, 0.2) is 0 Å². The maximum Gasteiger partial charge on any atom is 0.314 e. The smallest absolute Gasteiger partial charge is 0.314 e. The van der Waals surface area contributed by atoms with Crippen molar-refractivity contribution in [2.75, 3.05) is 20.2 Å². The molecule has 0 aliphatic carbocycles. The van der Waals surface area contributed by atoms with Gasteiger partial charge in [0.25, 0.3) is 0 Å². The van der Waals surface area contributed by atoms with Gasteiger partial charge in [0.1, 0.15) is 5.75 Å². The van der Waals surface area contributed by atoms with Crippen molar-refractivity contribution in [1.82, 2.24) is 10.6 Å². The van der Waals surface area contributed by atoms with E-state index in [-0.39, 0.29) is 10.9 Å². The molecule has 0 saturated carbocycles. The molecule has 0 bridgehead atoms. The Bertz CT molecular complexity index is 836. The Balaban J connectivity index is 1.70. The number of nitrogens with one attached hydrogen (secondary N) is 2. The number of benzene rings is 2. The highest BCUT2D eigenvalue weighted by molar-refractivity contribution is 7.89. The van der Waals surface area contributed by atoms with Crippen LogP contribution in [0.3, 0.4) is 0 Å².